The zero-order valence-electron chi connectivity index (χ0n) is 11.0. The molecule has 0 amide bonds. The lowest BCUT2D eigenvalue weighted by molar-refractivity contribution is -0.0443. The summed E-state index contributed by atoms with van der Waals surface area (Å²) in [4.78, 5) is 6.56. The minimum absolute atomic E-state index is 0.212. The van der Waals surface area contributed by atoms with E-state index >= 15 is 0 Å². The van der Waals surface area contributed by atoms with Gasteiger partial charge in [0.15, 0.2) is 0 Å². The Morgan fingerprint density at radius 3 is 3.11 bits per heavy atom. The van der Waals surface area contributed by atoms with Gasteiger partial charge in [-0.15, -0.1) is 0 Å². The summed E-state index contributed by atoms with van der Waals surface area (Å²) in [6.45, 7) is 3.21. The van der Waals surface area contributed by atoms with Gasteiger partial charge in [0.2, 0.25) is 0 Å². The van der Waals surface area contributed by atoms with E-state index in [0.717, 1.165) is 31.6 Å². The van der Waals surface area contributed by atoms with Crippen molar-refractivity contribution >= 4 is 0 Å². The average molecular weight is 250 g/mol. The molecule has 0 bridgehead atoms. The van der Waals surface area contributed by atoms with E-state index in [1.165, 1.54) is 0 Å². The number of aliphatic hydroxyl groups excluding tert-OH is 1. The molecule has 4 nitrogen and oxygen atoms in total. The lowest BCUT2D eigenvalue weighted by atomic mass is 9.98. The first kappa shape index (κ1) is 13.5. The van der Waals surface area contributed by atoms with Crippen LogP contribution in [0.5, 0.6) is 0 Å². The van der Waals surface area contributed by atoms with Crippen LogP contribution in [0, 0.1) is 5.92 Å². The van der Waals surface area contributed by atoms with Crippen LogP contribution in [0.25, 0.3) is 0 Å². The predicted molar refractivity (Wildman–Crippen MR) is 70.4 cm³/mol. The van der Waals surface area contributed by atoms with Gasteiger partial charge in [0.05, 0.1) is 12.7 Å². The Bertz CT molecular complexity index is 345. The number of pyridine rings is 1. The number of nitrogens with zero attached hydrogens (tertiary/aromatic N) is 2. The molecule has 1 fully saturated rings. The topological polar surface area (TPSA) is 45.6 Å². The predicted octanol–water partition coefficient (Wildman–Crippen LogP) is 0.953. The number of hydrogen-bond acceptors (Lipinski definition) is 4. The van der Waals surface area contributed by atoms with E-state index in [9.17, 15) is 5.11 Å². The number of aliphatic hydroxyl groups is 1. The van der Waals surface area contributed by atoms with Gasteiger partial charge in [-0.2, -0.15) is 0 Å². The van der Waals surface area contributed by atoms with Gasteiger partial charge >= 0.3 is 0 Å². The number of hydrogen-bond donors (Lipinski definition) is 1. The number of aromatic nitrogens is 1. The molecule has 0 saturated carbocycles. The average Bonchev–Trinajstić information content (AvgIpc) is 2.40. The van der Waals surface area contributed by atoms with Crippen LogP contribution < -0.4 is 0 Å². The Labute approximate surface area is 109 Å². The van der Waals surface area contributed by atoms with Gasteiger partial charge in [0, 0.05) is 43.9 Å². The smallest absolute Gasteiger partial charge is 0.0624 e. The lowest BCUT2D eigenvalue weighted by Crippen LogP contribution is -2.40. The second kappa shape index (κ2) is 6.83. The first-order valence-corrected chi connectivity index (χ1v) is 6.60. The zero-order valence-corrected chi connectivity index (χ0v) is 11.0. The van der Waals surface area contributed by atoms with Crippen LogP contribution in [-0.4, -0.2) is 54.4 Å². The van der Waals surface area contributed by atoms with Gasteiger partial charge in [-0.3, -0.25) is 4.98 Å². The van der Waals surface area contributed by atoms with E-state index in [-0.39, 0.29) is 12.0 Å². The molecular formula is C14H22N2O2. The highest BCUT2D eigenvalue weighted by Crippen LogP contribution is 2.15. The standard InChI is InChI=1S/C14H22N2O2/c1-16(8-5-13-4-2-3-7-15-13)10-12-11-18-9-6-14(12)17/h2-4,7,12,14,17H,5-6,8-11H2,1H3. The minimum Gasteiger partial charge on any atom is -0.393 e. The number of rotatable bonds is 5. The Balaban J connectivity index is 1.73. The molecule has 100 valence electrons. The maximum atomic E-state index is 9.88. The van der Waals surface area contributed by atoms with E-state index in [0.29, 0.717) is 13.2 Å². The lowest BCUT2D eigenvalue weighted by Gasteiger charge is -2.31. The van der Waals surface area contributed by atoms with Gasteiger partial charge in [0.1, 0.15) is 0 Å². The molecule has 1 aliphatic heterocycles. The summed E-state index contributed by atoms with van der Waals surface area (Å²) in [7, 11) is 2.09. The fraction of sp³-hybridized carbons (Fsp3) is 0.643. The van der Waals surface area contributed by atoms with Crippen LogP contribution in [0.15, 0.2) is 24.4 Å². The van der Waals surface area contributed by atoms with Gasteiger partial charge in [-0.25, -0.2) is 0 Å². The van der Waals surface area contributed by atoms with Gasteiger partial charge < -0.3 is 14.7 Å². The molecule has 2 heterocycles. The van der Waals surface area contributed by atoms with Crippen molar-refractivity contribution in [2.24, 2.45) is 5.92 Å². The number of ether oxygens (including phenoxy) is 1. The highest BCUT2D eigenvalue weighted by Gasteiger charge is 2.24. The van der Waals surface area contributed by atoms with Crippen LogP contribution >= 0.6 is 0 Å². The van der Waals surface area contributed by atoms with Gasteiger partial charge in [-0.1, -0.05) is 6.07 Å². The molecule has 2 rings (SSSR count). The summed E-state index contributed by atoms with van der Waals surface area (Å²) in [5.41, 5.74) is 1.12. The minimum atomic E-state index is -0.212. The van der Waals surface area contributed by atoms with Crippen molar-refractivity contribution < 1.29 is 9.84 Å². The van der Waals surface area contributed by atoms with E-state index in [4.69, 9.17) is 4.74 Å². The van der Waals surface area contributed by atoms with Crippen molar-refractivity contribution in [3.05, 3.63) is 30.1 Å². The Kier molecular flexibility index (Phi) is 5.11. The van der Waals surface area contributed by atoms with E-state index in [2.05, 4.69) is 16.9 Å². The first-order chi connectivity index (χ1) is 8.75. The summed E-state index contributed by atoms with van der Waals surface area (Å²) >= 11 is 0. The summed E-state index contributed by atoms with van der Waals surface area (Å²) in [6.07, 6.45) is 3.32. The molecule has 0 aromatic carbocycles. The van der Waals surface area contributed by atoms with Crippen LogP contribution in [-0.2, 0) is 11.2 Å². The molecular weight excluding hydrogens is 228 g/mol. The van der Waals surface area contributed by atoms with Crippen LogP contribution in [0.2, 0.25) is 0 Å². The van der Waals surface area contributed by atoms with Crippen molar-refractivity contribution in [2.45, 2.75) is 18.9 Å². The summed E-state index contributed by atoms with van der Waals surface area (Å²) in [5, 5.41) is 9.88. The van der Waals surface area contributed by atoms with Crippen molar-refractivity contribution in [1.82, 2.24) is 9.88 Å². The van der Waals surface area contributed by atoms with Crippen LogP contribution in [0.3, 0.4) is 0 Å². The van der Waals surface area contributed by atoms with Crippen molar-refractivity contribution in [3.63, 3.8) is 0 Å². The third-order valence-electron chi connectivity index (χ3n) is 3.46. The van der Waals surface area contributed by atoms with Crippen molar-refractivity contribution in [2.75, 3.05) is 33.4 Å². The summed E-state index contributed by atoms with van der Waals surface area (Å²) in [6, 6.07) is 6.00. The van der Waals surface area contributed by atoms with Crippen molar-refractivity contribution in [1.29, 1.82) is 0 Å². The molecule has 2 atom stereocenters. The van der Waals surface area contributed by atoms with Gasteiger partial charge in [0.25, 0.3) is 0 Å². The monoisotopic (exact) mass is 250 g/mol. The fourth-order valence-electron chi connectivity index (χ4n) is 2.30. The van der Waals surface area contributed by atoms with E-state index in [1.54, 1.807) is 0 Å². The second-order valence-corrected chi connectivity index (χ2v) is 5.02. The molecule has 18 heavy (non-hydrogen) atoms. The SMILES string of the molecule is CN(CCc1ccccn1)CC1COCCC1O. The number of likely N-dealkylation sites (N-methyl/N-ethyl adjacent to an activating group) is 1. The maximum Gasteiger partial charge on any atom is 0.0624 e. The third-order valence-corrected chi connectivity index (χ3v) is 3.46. The quantitative estimate of drug-likeness (QED) is 0.845. The third kappa shape index (κ3) is 4.05. The largest absolute Gasteiger partial charge is 0.393 e. The molecule has 0 aliphatic carbocycles. The molecule has 4 heteroatoms. The first-order valence-electron chi connectivity index (χ1n) is 6.60. The van der Waals surface area contributed by atoms with Crippen LogP contribution in [0.4, 0.5) is 0 Å². The summed E-state index contributed by atoms with van der Waals surface area (Å²) < 4.78 is 5.42. The van der Waals surface area contributed by atoms with Gasteiger partial charge in [-0.05, 0) is 25.6 Å². The molecule has 1 aromatic rings. The molecule has 1 aliphatic rings. The molecule has 0 radical (unpaired) electrons. The highest BCUT2D eigenvalue weighted by molar-refractivity contribution is 5.03. The Morgan fingerprint density at radius 2 is 2.39 bits per heavy atom. The molecule has 1 saturated heterocycles. The summed E-state index contributed by atoms with van der Waals surface area (Å²) in [5.74, 6) is 0.243. The Morgan fingerprint density at radius 1 is 1.50 bits per heavy atom. The maximum absolute atomic E-state index is 9.88. The zero-order chi connectivity index (χ0) is 12.8. The second-order valence-electron chi connectivity index (χ2n) is 5.02. The molecule has 2 unspecified atom stereocenters. The molecule has 1 aromatic heterocycles. The fourth-order valence-corrected chi connectivity index (χ4v) is 2.30. The van der Waals surface area contributed by atoms with Crippen LogP contribution in [0.1, 0.15) is 12.1 Å². The van der Waals surface area contributed by atoms with E-state index < -0.39 is 0 Å². The Hall–Kier alpha value is -0.970. The molecule has 1 N–H and O–H groups in total. The molecule has 0 spiro atoms. The van der Waals surface area contributed by atoms with E-state index in [1.807, 2.05) is 24.4 Å². The van der Waals surface area contributed by atoms with Crippen molar-refractivity contribution in [3.8, 4) is 0 Å². The normalized spacial score (nSPS) is 24.4. The highest BCUT2D eigenvalue weighted by atomic mass is 16.5.